The molecule has 0 radical (unpaired) electrons. The lowest BCUT2D eigenvalue weighted by molar-refractivity contribution is -0.122. The number of nitrogens with one attached hydrogen (secondary N) is 2. The molecule has 124 valence electrons. The highest BCUT2D eigenvalue weighted by molar-refractivity contribution is 7.89. The highest BCUT2D eigenvalue weighted by atomic mass is 32.2. The minimum absolute atomic E-state index is 0.0352. The fourth-order valence-electron chi connectivity index (χ4n) is 1.68. The third-order valence-electron chi connectivity index (χ3n) is 2.80. The Morgan fingerprint density at radius 3 is 2.50 bits per heavy atom. The van der Waals surface area contributed by atoms with Gasteiger partial charge in [-0.25, -0.2) is 8.42 Å². The highest BCUT2D eigenvalue weighted by Gasteiger charge is 2.21. The van der Waals surface area contributed by atoms with Gasteiger partial charge in [0.2, 0.25) is 15.9 Å². The number of rotatable bonds is 9. The number of ether oxygens (including phenoxy) is 1. The molecule has 1 atom stereocenters. The van der Waals surface area contributed by atoms with E-state index in [2.05, 4.69) is 10.0 Å². The topological polar surface area (TPSA) is 105 Å². The molecule has 0 unspecified atom stereocenters. The van der Waals surface area contributed by atoms with Crippen molar-refractivity contribution in [2.45, 2.75) is 31.2 Å². The van der Waals surface area contributed by atoms with E-state index in [0.29, 0.717) is 25.3 Å². The van der Waals surface area contributed by atoms with Gasteiger partial charge in [0, 0.05) is 13.2 Å². The van der Waals surface area contributed by atoms with Crippen molar-refractivity contribution in [1.82, 2.24) is 10.0 Å². The summed E-state index contributed by atoms with van der Waals surface area (Å²) in [6.45, 7) is 4.05. The van der Waals surface area contributed by atoms with Crippen LogP contribution in [0.15, 0.2) is 29.2 Å². The molecule has 1 aromatic carbocycles. The molecule has 0 aliphatic rings. The molecular formula is C14H22N2O5S. The van der Waals surface area contributed by atoms with Crippen molar-refractivity contribution in [3.8, 4) is 5.75 Å². The Kier molecular flexibility index (Phi) is 7.30. The number of sulfonamides is 1. The van der Waals surface area contributed by atoms with Gasteiger partial charge in [-0.15, -0.1) is 0 Å². The summed E-state index contributed by atoms with van der Waals surface area (Å²) in [5.74, 6) is 0.138. The molecular weight excluding hydrogens is 308 g/mol. The lowest BCUT2D eigenvalue weighted by Crippen LogP contribution is -2.45. The largest absolute Gasteiger partial charge is 0.494 e. The molecule has 0 aliphatic carbocycles. The van der Waals surface area contributed by atoms with E-state index in [0.717, 1.165) is 0 Å². The first-order valence-corrected chi connectivity index (χ1v) is 8.52. The molecule has 0 spiro atoms. The maximum absolute atomic E-state index is 12.2. The Labute approximate surface area is 130 Å². The van der Waals surface area contributed by atoms with Gasteiger partial charge in [-0.2, -0.15) is 4.72 Å². The summed E-state index contributed by atoms with van der Waals surface area (Å²) in [5, 5.41) is 11.2. The van der Waals surface area contributed by atoms with Crippen LogP contribution in [0.5, 0.6) is 5.75 Å². The highest BCUT2D eigenvalue weighted by Crippen LogP contribution is 2.16. The molecule has 0 saturated heterocycles. The molecule has 22 heavy (non-hydrogen) atoms. The Bertz CT molecular complexity index is 571. The monoisotopic (exact) mass is 330 g/mol. The quantitative estimate of drug-likeness (QED) is 0.563. The van der Waals surface area contributed by atoms with Crippen molar-refractivity contribution < 1.29 is 23.1 Å². The van der Waals surface area contributed by atoms with Crippen LogP contribution in [0.25, 0.3) is 0 Å². The van der Waals surface area contributed by atoms with E-state index in [1.807, 2.05) is 6.92 Å². The Morgan fingerprint density at radius 2 is 1.95 bits per heavy atom. The molecule has 7 nitrogen and oxygen atoms in total. The summed E-state index contributed by atoms with van der Waals surface area (Å²) < 4.78 is 31.9. The van der Waals surface area contributed by atoms with Crippen LogP contribution in [-0.4, -0.2) is 45.2 Å². The second-order valence-corrected chi connectivity index (χ2v) is 6.33. The first kappa shape index (κ1) is 18.4. The van der Waals surface area contributed by atoms with Gasteiger partial charge >= 0.3 is 0 Å². The molecule has 0 saturated carbocycles. The van der Waals surface area contributed by atoms with Gasteiger partial charge < -0.3 is 15.2 Å². The van der Waals surface area contributed by atoms with Gasteiger partial charge in [-0.1, -0.05) is 0 Å². The zero-order valence-corrected chi connectivity index (χ0v) is 13.5. The predicted molar refractivity (Wildman–Crippen MR) is 82.1 cm³/mol. The number of aliphatic hydroxyl groups excluding tert-OH is 1. The van der Waals surface area contributed by atoms with E-state index in [9.17, 15) is 13.2 Å². The van der Waals surface area contributed by atoms with Gasteiger partial charge in [0.05, 0.1) is 17.5 Å². The van der Waals surface area contributed by atoms with E-state index in [-0.39, 0.29) is 11.5 Å². The number of benzene rings is 1. The maximum atomic E-state index is 12.2. The van der Waals surface area contributed by atoms with Crippen molar-refractivity contribution in [2.75, 3.05) is 19.8 Å². The van der Waals surface area contributed by atoms with E-state index < -0.39 is 22.0 Å². The normalized spacial score (nSPS) is 12.7. The number of amides is 1. The number of carbonyl (C=O) groups is 1. The Balaban J connectivity index is 2.67. The number of aliphatic hydroxyl groups is 1. The second kappa shape index (κ2) is 8.72. The lowest BCUT2D eigenvalue weighted by atomic mass is 10.3. The van der Waals surface area contributed by atoms with Crippen LogP contribution in [0.4, 0.5) is 0 Å². The SMILES string of the molecule is CCOc1ccc(S(=O)(=O)N[C@H](C)C(=O)NCCCO)cc1. The second-order valence-electron chi connectivity index (χ2n) is 4.62. The van der Waals surface area contributed by atoms with Crippen molar-refractivity contribution in [1.29, 1.82) is 0 Å². The summed E-state index contributed by atoms with van der Waals surface area (Å²) in [4.78, 5) is 11.8. The minimum atomic E-state index is -3.78. The van der Waals surface area contributed by atoms with Gasteiger partial charge in [0.15, 0.2) is 0 Å². The average molecular weight is 330 g/mol. The molecule has 8 heteroatoms. The third kappa shape index (κ3) is 5.63. The Morgan fingerprint density at radius 1 is 1.32 bits per heavy atom. The third-order valence-corrected chi connectivity index (χ3v) is 4.36. The molecule has 1 amide bonds. The van der Waals surface area contributed by atoms with E-state index in [1.54, 1.807) is 12.1 Å². The fraction of sp³-hybridized carbons (Fsp3) is 0.500. The number of hydrogen-bond acceptors (Lipinski definition) is 5. The minimum Gasteiger partial charge on any atom is -0.494 e. The summed E-state index contributed by atoms with van der Waals surface area (Å²) in [6, 6.07) is 5.05. The zero-order chi connectivity index (χ0) is 16.6. The molecule has 1 aromatic rings. The van der Waals surface area contributed by atoms with Gasteiger partial charge in [0.1, 0.15) is 5.75 Å². The molecule has 0 fully saturated rings. The standard InChI is InChI=1S/C14H22N2O5S/c1-3-21-12-5-7-13(8-6-12)22(19,20)16-11(2)14(18)15-9-4-10-17/h5-8,11,16-17H,3-4,9-10H2,1-2H3,(H,15,18)/t11-/m1/s1. The van der Waals surface area contributed by atoms with Crippen molar-refractivity contribution in [3.05, 3.63) is 24.3 Å². The number of carbonyl (C=O) groups excluding carboxylic acids is 1. The lowest BCUT2D eigenvalue weighted by Gasteiger charge is -2.14. The van der Waals surface area contributed by atoms with Crippen LogP contribution in [-0.2, 0) is 14.8 Å². The summed E-state index contributed by atoms with van der Waals surface area (Å²) >= 11 is 0. The van der Waals surface area contributed by atoms with Crippen LogP contribution in [0, 0.1) is 0 Å². The molecule has 0 heterocycles. The van der Waals surface area contributed by atoms with Crippen LogP contribution >= 0.6 is 0 Å². The van der Waals surface area contributed by atoms with E-state index >= 15 is 0 Å². The van der Waals surface area contributed by atoms with Crippen LogP contribution in [0.1, 0.15) is 20.3 Å². The van der Waals surface area contributed by atoms with E-state index in [1.165, 1.54) is 19.1 Å². The van der Waals surface area contributed by atoms with Gasteiger partial charge in [-0.05, 0) is 44.5 Å². The van der Waals surface area contributed by atoms with Crippen molar-refractivity contribution in [3.63, 3.8) is 0 Å². The zero-order valence-electron chi connectivity index (χ0n) is 12.7. The van der Waals surface area contributed by atoms with Gasteiger partial charge in [0.25, 0.3) is 0 Å². The molecule has 1 rings (SSSR count). The van der Waals surface area contributed by atoms with Crippen LogP contribution < -0.4 is 14.8 Å². The fourth-order valence-corrected chi connectivity index (χ4v) is 2.88. The number of hydrogen-bond donors (Lipinski definition) is 3. The van der Waals surface area contributed by atoms with Crippen LogP contribution in [0.3, 0.4) is 0 Å². The summed E-state index contributed by atoms with van der Waals surface area (Å²) in [6.07, 6.45) is 0.421. The predicted octanol–water partition coefficient (Wildman–Crippen LogP) is 0.251. The summed E-state index contributed by atoms with van der Waals surface area (Å²) in [5.41, 5.74) is 0. The van der Waals surface area contributed by atoms with Crippen molar-refractivity contribution >= 4 is 15.9 Å². The molecule has 0 bridgehead atoms. The average Bonchev–Trinajstić information content (AvgIpc) is 2.48. The van der Waals surface area contributed by atoms with E-state index in [4.69, 9.17) is 9.84 Å². The molecule has 0 aromatic heterocycles. The first-order valence-electron chi connectivity index (χ1n) is 7.04. The van der Waals surface area contributed by atoms with Crippen molar-refractivity contribution in [2.24, 2.45) is 0 Å². The Hall–Kier alpha value is -1.64. The summed E-state index contributed by atoms with van der Waals surface area (Å²) in [7, 11) is -3.78. The smallest absolute Gasteiger partial charge is 0.241 e. The first-order chi connectivity index (χ1) is 10.4. The van der Waals surface area contributed by atoms with Gasteiger partial charge in [-0.3, -0.25) is 4.79 Å². The van der Waals surface area contributed by atoms with Crippen LogP contribution in [0.2, 0.25) is 0 Å². The maximum Gasteiger partial charge on any atom is 0.241 e. The molecule has 3 N–H and O–H groups in total. The molecule has 0 aliphatic heterocycles.